The topological polar surface area (TPSA) is 29.1 Å². The van der Waals surface area contributed by atoms with E-state index >= 15 is 0 Å². The molecule has 1 atom stereocenters. The highest BCUT2D eigenvalue weighted by Crippen LogP contribution is 2.29. The Bertz CT molecular complexity index is 200. The molecule has 1 aliphatic rings. The van der Waals surface area contributed by atoms with E-state index in [4.69, 9.17) is 0 Å². The molecule has 1 N–H and O–H groups in total. The molecular formula is C12H23NOS. The predicted molar refractivity (Wildman–Crippen MR) is 67.2 cm³/mol. The normalized spacial score (nSPS) is 19.5. The fourth-order valence-electron chi connectivity index (χ4n) is 1.94. The largest absolute Gasteiger partial charge is 0.353 e. The van der Waals surface area contributed by atoms with Crippen LogP contribution in [0.25, 0.3) is 0 Å². The number of rotatable bonds is 5. The van der Waals surface area contributed by atoms with Crippen molar-refractivity contribution in [3.05, 3.63) is 0 Å². The van der Waals surface area contributed by atoms with Gasteiger partial charge in [0.2, 0.25) is 5.91 Å². The first-order valence-electron chi connectivity index (χ1n) is 6.01. The Kier molecular flexibility index (Phi) is 5.51. The van der Waals surface area contributed by atoms with Crippen molar-refractivity contribution in [2.45, 2.75) is 57.7 Å². The van der Waals surface area contributed by atoms with Gasteiger partial charge in [-0.15, -0.1) is 11.8 Å². The third-order valence-electron chi connectivity index (χ3n) is 2.86. The van der Waals surface area contributed by atoms with Crippen molar-refractivity contribution >= 4 is 17.7 Å². The summed E-state index contributed by atoms with van der Waals surface area (Å²) in [7, 11) is 0. The highest BCUT2D eigenvalue weighted by atomic mass is 32.2. The van der Waals surface area contributed by atoms with Crippen LogP contribution in [-0.4, -0.2) is 23.0 Å². The lowest BCUT2D eigenvalue weighted by molar-refractivity contribution is -0.120. The van der Waals surface area contributed by atoms with Crippen LogP contribution in [0.15, 0.2) is 0 Å². The van der Waals surface area contributed by atoms with E-state index in [0.29, 0.717) is 0 Å². The molecule has 0 aliphatic heterocycles. The maximum absolute atomic E-state index is 11.6. The summed E-state index contributed by atoms with van der Waals surface area (Å²) in [5.41, 5.74) is 0. The van der Waals surface area contributed by atoms with Gasteiger partial charge in [0.1, 0.15) is 0 Å². The van der Waals surface area contributed by atoms with Gasteiger partial charge in [-0.3, -0.25) is 4.79 Å². The Labute approximate surface area is 97.6 Å². The lowest BCUT2D eigenvalue weighted by atomic mass is 10.1. The maximum atomic E-state index is 11.6. The summed E-state index contributed by atoms with van der Waals surface area (Å²) in [5.74, 6) is 2.21. The molecule has 1 unspecified atom stereocenters. The van der Waals surface area contributed by atoms with Gasteiger partial charge in [0, 0.05) is 6.04 Å². The smallest absolute Gasteiger partial charge is 0.233 e. The van der Waals surface area contributed by atoms with Crippen LogP contribution in [0.1, 0.15) is 46.5 Å². The van der Waals surface area contributed by atoms with E-state index in [1.165, 1.54) is 25.7 Å². The molecule has 1 rings (SSSR count). The van der Waals surface area contributed by atoms with Gasteiger partial charge < -0.3 is 5.32 Å². The average molecular weight is 229 g/mol. The number of carbonyl (C=O) groups is 1. The maximum Gasteiger partial charge on any atom is 0.233 e. The van der Waals surface area contributed by atoms with Gasteiger partial charge in [-0.2, -0.15) is 0 Å². The van der Waals surface area contributed by atoms with Crippen LogP contribution in [-0.2, 0) is 4.79 Å². The highest BCUT2D eigenvalue weighted by Gasteiger charge is 2.19. The zero-order valence-corrected chi connectivity index (χ0v) is 10.9. The molecule has 0 aromatic heterocycles. The van der Waals surface area contributed by atoms with Crippen molar-refractivity contribution in [2.24, 2.45) is 5.92 Å². The van der Waals surface area contributed by atoms with Crippen LogP contribution in [0.2, 0.25) is 0 Å². The minimum atomic E-state index is 0.105. The van der Waals surface area contributed by atoms with Crippen LogP contribution in [0.3, 0.4) is 0 Å². The quantitative estimate of drug-likeness (QED) is 0.785. The molecule has 3 heteroatoms. The number of thioether (sulfide) groups is 1. The van der Waals surface area contributed by atoms with E-state index in [-0.39, 0.29) is 17.2 Å². The molecule has 1 saturated carbocycles. The van der Waals surface area contributed by atoms with E-state index in [1.54, 1.807) is 0 Å². The molecule has 1 amide bonds. The van der Waals surface area contributed by atoms with Crippen LogP contribution in [0, 0.1) is 5.92 Å². The van der Waals surface area contributed by atoms with Crippen molar-refractivity contribution in [2.75, 3.05) is 5.75 Å². The van der Waals surface area contributed by atoms with Gasteiger partial charge in [-0.05, 0) is 45.3 Å². The number of hydrogen-bond acceptors (Lipinski definition) is 2. The molecular weight excluding hydrogens is 206 g/mol. The van der Waals surface area contributed by atoms with Crippen LogP contribution >= 0.6 is 11.8 Å². The summed E-state index contributed by atoms with van der Waals surface area (Å²) in [6.07, 6.45) is 5.51. The first kappa shape index (κ1) is 12.9. The van der Waals surface area contributed by atoms with Gasteiger partial charge in [0.25, 0.3) is 0 Å². The molecule has 0 aromatic rings. The molecule has 0 bridgehead atoms. The third kappa shape index (κ3) is 4.92. The standard InChI is InChI=1S/C12H23NOS/c1-9(2)13-12(14)10(3)15-8-11-6-4-5-7-11/h9-11H,4-8H2,1-3H3,(H,13,14). The molecule has 88 valence electrons. The lowest BCUT2D eigenvalue weighted by Crippen LogP contribution is -2.36. The first-order valence-corrected chi connectivity index (χ1v) is 7.06. The summed E-state index contributed by atoms with van der Waals surface area (Å²) >= 11 is 1.81. The van der Waals surface area contributed by atoms with Crippen LogP contribution in [0.5, 0.6) is 0 Å². The number of hydrogen-bond donors (Lipinski definition) is 1. The predicted octanol–water partition coefficient (Wildman–Crippen LogP) is 2.82. The van der Waals surface area contributed by atoms with Crippen molar-refractivity contribution < 1.29 is 4.79 Å². The summed E-state index contributed by atoms with van der Waals surface area (Å²) in [5, 5.41) is 3.06. The second-order valence-electron chi connectivity index (χ2n) is 4.79. The van der Waals surface area contributed by atoms with Crippen molar-refractivity contribution in [3.63, 3.8) is 0 Å². The Morgan fingerprint density at radius 1 is 1.33 bits per heavy atom. The van der Waals surface area contributed by atoms with E-state index in [9.17, 15) is 4.79 Å². The van der Waals surface area contributed by atoms with Crippen molar-refractivity contribution in [1.29, 1.82) is 0 Å². The minimum Gasteiger partial charge on any atom is -0.353 e. The van der Waals surface area contributed by atoms with Crippen LogP contribution in [0.4, 0.5) is 0 Å². The Hall–Kier alpha value is -0.180. The fraction of sp³-hybridized carbons (Fsp3) is 0.917. The minimum absolute atomic E-state index is 0.105. The van der Waals surface area contributed by atoms with E-state index < -0.39 is 0 Å². The summed E-state index contributed by atoms with van der Waals surface area (Å²) < 4.78 is 0. The SMILES string of the molecule is CC(C)NC(=O)C(C)SCC1CCCC1. The molecule has 0 radical (unpaired) electrons. The molecule has 1 fully saturated rings. The summed E-state index contributed by atoms with van der Waals surface area (Å²) in [6, 6.07) is 0.257. The molecule has 15 heavy (non-hydrogen) atoms. The Morgan fingerprint density at radius 3 is 2.47 bits per heavy atom. The monoisotopic (exact) mass is 229 g/mol. The summed E-state index contributed by atoms with van der Waals surface area (Å²) in [4.78, 5) is 11.6. The molecule has 1 aliphatic carbocycles. The first-order chi connectivity index (χ1) is 7.09. The average Bonchev–Trinajstić information content (AvgIpc) is 2.65. The van der Waals surface area contributed by atoms with E-state index in [1.807, 2.05) is 32.5 Å². The van der Waals surface area contributed by atoms with Gasteiger partial charge in [0.05, 0.1) is 5.25 Å². The number of amides is 1. The van der Waals surface area contributed by atoms with Gasteiger partial charge in [-0.25, -0.2) is 0 Å². The fourth-order valence-corrected chi connectivity index (χ4v) is 3.05. The molecule has 0 saturated heterocycles. The highest BCUT2D eigenvalue weighted by molar-refractivity contribution is 8.00. The molecule has 0 aromatic carbocycles. The lowest BCUT2D eigenvalue weighted by Gasteiger charge is -2.16. The Balaban J connectivity index is 2.16. The van der Waals surface area contributed by atoms with Crippen molar-refractivity contribution in [3.8, 4) is 0 Å². The zero-order valence-electron chi connectivity index (χ0n) is 10.1. The van der Waals surface area contributed by atoms with E-state index in [2.05, 4.69) is 5.32 Å². The van der Waals surface area contributed by atoms with E-state index in [0.717, 1.165) is 11.7 Å². The molecule has 2 nitrogen and oxygen atoms in total. The second kappa shape index (κ2) is 6.41. The van der Waals surface area contributed by atoms with Gasteiger partial charge in [-0.1, -0.05) is 12.8 Å². The number of carbonyl (C=O) groups excluding carboxylic acids is 1. The second-order valence-corrected chi connectivity index (χ2v) is 6.16. The molecule has 0 spiro atoms. The van der Waals surface area contributed by atoms with Gasteiger partial charge in [0.15, 0.2) is 0 Å². The Morgan fingerprint density at radius 2 is 1.93 bits per heavy atom. The van der Waals surface area contributed by atoms with Gasteiger partial charge >= 0.3 is 0 Å². The van der Waals surface area contributed by atoms with Crippen molar-refractivity contribution in [1.82, 2.24) is 5.32 Å². The third-order valence-corrected chi connectivity index (χ3v) is 4.23. The number of nitrogens with one attached hydrogen (secondary N) is 1. The van der Waals surface area contributed by atoms with Crippen LogP contribution < -0.4 is 5.32 Å². The molecule has 0 heterocycles. The zero-order chi connectivity index (χ0) is 11.3. The summed E-state index contributed by atoms with van der Waals surface area (Å²) in [6.45, 7) is 6.02.